The summed E-state index contributed by atoms with van der Waals surface area (Å²) in [5, 5.41) is 0. The lowest BCUT2D eigenvalue weighted by molar-refractivity contribution is -0.0473. The van der Waals surface area contributed by atoms with Gasteiger partial charge in [-0.25, -0.2) is 4.39 Å². The molecular weight excluding hydrogens is 311 g/mol. The fourth-order valence-corrected chi connectivity index (χ4v) is 2.92. The van der Waals surface area contributed by atoms with E-state index in [0.29, 0.717) is 10.9 Å². The van der Waals surface area contributed by atoms with E-state index in [0.717, 1.165) is 18.4 Å². The first-order valence-electron chi connectivity index (χ1n) is 6.48. The van der Waals surface area contributed by atoms with Crippen LogP contribution in [0.15, 0.2) is 22.7 Å². The molecule has 0 aromatic heterocycles. The molecule has 0 saturated heterocycles. The quantitative estimate of drug-likeness (QED) is 0.595. The van der Waals surface area contributed by atoms with Crippen molar-refractivity contribution in [2.75, 3.05) is 7.11 Å². The van der Waals surface area contributed by atoms with Crippen LogP contribution in [0.3, 0.4) is 0 Å². The number of hydrogen-bond acceptors (Lipinski definition) is 3. The van der Waals surface area contributed by atoms with Gasteiger partial charge in [0.1, 0.15) is 5.82 Å². The largest absolute Gasteiger partial charge is 0.377 e. The highest BCUT2D eigenvalue weighted by Crippen LogP contribution is 2.29. The number of halogens is 2. The van der Waals surface area contributed by atoms with E-state index in [1.54, 1.807) is 13.2 Å². The van der Waals surface area contributed by atoms with Crippen molar-refractivity contribution < 1.29 is 9.13 Å². The van der Waals surface area contributed by atoms with Gasteiger partial charge in [0.2, 0.25) is 0 Å². The molecule has 1 aromatic rings. The van der Waals surface area contributed by atoms with Crippen LogP contribution in [0.1, 0.15) is 32.3 Å². The van der Waals surface area contributed by atoms with Crippen molar-refractivity contribution in [2.24, 2.45) is 5.84 Å². The molecule has 3 N–H and O–H groups in total. The lowest BCUT2D eigenvalue weighted by Crippen LogP contribution is -2.55. The number of benzene rings is 1. The molecule has 0 aliphatic carbocycles. The van der Waals surface area contributed by atoms with Crippen LogP contribution in [-0.4, -0.2) is 18.8 Å². The molecule has 0 saturated carbocycles. The summed E-state index contributed by atoms with van der Waals surface area (Å²) in [6.07, 6.45) is 2.27. The van der Waals surface area contributed by atoms with Crippen LogP contribution >= 0.6 is 15.9 Å². The highest BCUT2D eigenvalue weighted by molar-refractivity contribution is 9.10. The Kier molecular flexibility index (Phi) is 6.39. The fraction of sp³-hybridized carbons (Fsp3) is 0.571. The van der Waals surface area contributed by atoms with Crippen LogP contribution < -0.4 is 11.3 Å². The van der Waals surface area contributed by atoms with Gasteiger partial charge >= 0.3 is 0 Å². The van der Waals surface area contributed by atoms with Crippen molar-refractivity contribution in [1.82, 2.24) is 5.43 Å². The molecule has 3 nitrogen and oxygen atoms in total. The standard InChI is InChI=1S/C14H22BrFN2O/c1-4-14(5-2,19-3)12(18-17)9-10-7-6-8-11(16)13(10)15/h6-8,12,18H,4-5,9,17H2,1-3H3. The topological polar surface area (TPSA) is 47.3 Å². The number of nitrogens with one attached hydrogen (secondary N) is 1. The molecule has 1 unspecified atom stereocenters. The Bertz CT molecular complexity index is 402. The predicted octanol–water partition coefficient (Wildman–Crippen LogP) is 3.17. The summed E-state index contributed by atoms with van der Waals surface area (Å²) in [5.74, 6) is 5.42. The summed E-state index contributed by atoms with van der Waals surface area (Å²) >= 11 is 3.29. The van der Waals surface area contributed by atoms with Crippen LogP contribution in [0.5, 0.6) is 0 Å². The lowest BCUT2D eigenvalue weighted by Gasteiger charge is -2.38. The Morgan fingerprint density at radius 1 is 1.42 bits per heavy atom. The number of hydrazine groups is 1. The van der Waals surface area contributed by atoms with Crippen LogP contribution in [0.2, 0.25) is 0 Å². The zero-order valence-corrected chi connectivity index (χ0v) is 13.3. The second-order valence-electron chi connectivity index (χ2n) is 4.61. The van der Waals surface area contributed by atoms with E-state index in [9.17, 15) is 4.39 Å². The van der Waals surface area contributed by atoms with Crippen LogP contribution in [-0.2, 0) is 11.2 Å². The summed E-state index contributed by atoms with van der Waals surface area (Å²) in [5.41, 5.74) is 3.36. The number of rotatable bonds is 7. The molecule has 0 aliphatic rings. The number of methoxy groups -OCH3 is 1. The maximum atomic E-state index is 13.5. The van der Waals surface area contributed by atoms with Gasteiger partial charge < -0.3 is 4.74 Å². The van der Waals surface area contributed by atoms with Gasteiger partial charge in [0.25, 0.3) is 0 Å². The third kappa shape index (κ3) is 3.54. The van der Waals surface area contributed by atoms with Gasteiger partial charge in [-0.1, -0.05) is 26.0 Å². The van der Waals surface area contributed by atoms with Crippen molar-refractivity contribution in [1.29, 1.82) is 0 Å². The van der Waals surface area contributed by atoms with Gasteiger partial charge in [0.15, 0.2) is 0 Å². The minimum atomic E-state index is -0.347. The Morgan fingerprint density at radius 3 is 2.53 bits per heavy atom. The average Bonchev–Trinajstić information content (AvgIpc) is 2.44. The summed E-state index contributed by atoms with van der Waals surface area (Å²) in [7, 11) is 1.69. The van der Waals surface area contributed by atoms with E-state index < -0.39 is 0 Å². The second kappa shape index (κ2) is 7.33. The van der Waals surface area contributed by atoms with E-state index in [1.165, 1.54) is 6.07 Å². The third-order valence-corrected chi connectivity index (χ3v) is 4.78. The molecular formula is C14H22BrFN2O. The minimum absolute atomic E-state index is 0.0781. The van der Waals surface area contributed by atoms with E-state index >= 15 is 0 Å². The van der Waals surface area contributed by atoms with Crippen molar-refractivity contribution >= 4 is 15.9 Å². The fourth-order valence-electron chi connectivity index (χ4n) is 2.50. The highest BCUT2D eigenvalue weighted by atomic mass is 79.9. The summed E-state index contributed by atoms with van der Waals surface area (Å²) in [6, 6.07) is 4.95. The van der Waals surface area contributed by atoms with Crippen molar-refractivity contribution in [3.8, 4) is 0 Å². The van der Waals surface area contributed by atoms with E-state index in [2.05, 4.69) is 35.2 Å². The molecule has 1 atom stereocenters. The average molecular weight is 333 g/mol. The third-order valence-electron chi connectivity index (χ3n) is 3.90. The summed E-state index contributed by atoms with van der Waals surface area (Å²) < 4.78 is 19.7. The maximum Gasteiger partial charge on any atom is 0.137 e. The van der Waals surface area contributed by atoms with Crippen LogP contribution in [0.4, 0.5) is 4.39 Å². The van der Waals surface area contributed by atoms with E-state index in [1.807, 2.05) is 6.07 Å². The molecule has 0 fully saturated rings. The first-order valence-corrected chi connectivity index (χ1v) is 7.28. The molecule has 0 bridgehead atoms. The smallest absolute Gasteiger partial charge is 0.137 e. The van der Waals surface area contributed by atoms with Gasteiger partial charge in [-0.2, -0.15) is 0 Å². The van der Waals surface area contributed by atoms with Gasteiger partial charge in [0, 0.05) is 7.11 Å². The first-order chi connectivity index (χ1) is 9.04. The Morgan fingerprint density at radius 2 is 2.05 bits per heavy atom. The predicted molar refractivity (Wildman–Crippen MR) is 79.2 cm³/mol. The highest BCUT2D eigenvalue weighted by Gasteiger charge is 2.35. The van der Waals surface area contributed by atoms with E-state index in [4.69, 9.17) is 10.6 Å². The molecule has 108 valence electrons. The normalized spacial score (nSPS) is 13.6. The number of ether oxygens (including phenoxy) is 1. The van der Waals surface area contributed by atoms with Crippen molar-refractivity contribution in [3.63, 3.8) is 0 Å². The zero-order valence-electron chi connectivity index (χ0n) is 11.7. The monoisotopic (exact) mass is 332 g/mol. The Balaban J connectivity index is 3.02. The summed E-state index contributed by atoms with van der Waals surface area (Å²) in [6.45, 7) is 4.13. The number of hydrogen-bond donors (Lipinski definition) is 2. The van der Waals surface area contributed by atoms with Crippen LogP contribution in [0.25, 0.3) is 0 Å². The zero-order chi connectivity index (χ0) is 14.5. The van der Waals surface area contributed by atoms with Gasteiger partial charge in [-0.3, -0.25) is 11.3 Å². The first kappa shape index (κ1) is 16.6. The van der Waals surface area contributed by atoms with Gasteiger partial charge in [-0.05, 0) is 46.8 Å². The molecule has 0 aliphatic heterocycles. The SMILES string of the molecule is CCC(CC)(OC)C(Cc1cccc(F)c1Br)NN. The lowest BCUT2D eigenvalue weighted by atomic mass is 9.85. The van der Waals surface area contributed by atoms with Gasteiger partial charge in [0.05, 0.1) is 16.1 Å². The molecule has 0 heterocycles. The Labute approximate surface area is 122 Å². The second-order valence-corrected chi connectivity index (χ2v) is 5.41. The van der Waals surface area contributed by atoms with E-state index in [-0.39, 0.29) is 17.5 Å². The molecule has 19 heavy (non-hydrogen) atoms. The molecule has 0 amide bonds. The van der Waals surface area contributed by atoms with Crippen molar-refractivity contribution in [2.45, 2.75) is 44.8 Å². The number of nitrogens with two attached hydrogens (primary N) is 1. The summed E-state index contributed by atoms with van der Waals surface area (Å²) in [4.78, 5) is 0. The van der Waals surface area contributed by atoms with Gasteiger partial charge in [-0.15, -0.1) is 0 Å². The minimum Gasteiger partial charge on any atom is -0.377 e. The maximum absolute atomic E-state index is 13.5. The molecule has 0 spiro atoms. The molecule has 0 radical (unpaired) electrons. The van der Waals surface area contributed by atoms with Crippen molar-refractivity contribution in [3.05, 3.63) is 34.1 Å². The molecule has 1 aromatic carbocycles. The molecule has 5 heteroatoms. The molecule has 1 rings (SSSR count). The van der Waals surface area contributed by atoms with Crippen LogP contribution in [0, 0.1) is 5.82 Å². The Hall–Kier alpha value is -0.490.